The van der Waals surface area contributed by atoms with Gasteiger partial charge in [0.25, 0.3) is 0 Å². The van der Waals surface area contributed by atoms with Gasteiger partial charge < -0.3 is 0 Å². The van der Waals surface area contributed by atoms with Crippen LogP contribution in [0.15, 0.2) is 30.5 Å². The Labute approximate surface area is 116 Å². The molecule has 20 heavy (non-hydrogen) atoms. The number of halogens is 3. The minimum Gasteiger partial charge on any atom is -0.225 e. The summed E-state index contributed by atoms with van der Waals surface area (Å²) in [5.74, 6) is -2.69. The van der Waals surface area contributed by atoms with E-state index in [0.29, 0.717) is 0 Å². The molecule has 1 aromatic heterocycles. The first-order valence-corrected chi connectivity index (χ1v) is 6.71. The van der Waals surface area contributed by atoms with Crippen LogP contribution in [0.2, 0.25) is 0 Å². The number of benzene rings is 1. The molecule has 0 amide bonds. The van der Waals surface area contributed by atoms with E-state index in [9.17, 15) is 13.2 Å². The SMILES string of the molecule is CCCCCc1ccc(-c2cnc(F)c(F)c2)c(F)c1. The predicted octanol–water partition coefficient (Wildman–Crippen LogP) is 4.90. The maximum Gasteiger partial charge on any atom is 0.248 e. The minimum absolute atomic E-state index is 0.232. The molecule has 106 valence electrons. The molecule has 1 aromatic carbocycles. The summed E-state index contributed by atoms with van der Waals surface area (Å²) in [6, 6.07) is 5.81. The van der Waals surface area contributed by atoms with Gasteiger partial charge in [0.15, 0.2) is 5.82 Å². The van der Waals surface area contributed by atoms with Gasteiger partial charge >= 0.3 is 0 Å². The van der Waals surface area contributed by atoms with Gasteiger partial charge in [0, 0.05) is 17.3 Å². The molecule has 1 heterocycles. The second kappa shape index (κ2) is 6.55. The molecule has 1 nitrogen and oxygen atoms in total. The first-order valence-electron chi connectivity index (χ1n) is 6.71. The van der Waals surface area contributed by atoms with Crippen molar-refractivity contribution in [2.75, 3.05) is 0 Å². The standard InChI is InChI=1S/C16H16F3N/c1-2-3-4-5-11-6-7-13(14(17)8-11)12-9-15(18)16(19)20-10-12/h6-10H,2-5H2,1H3. The molecule has 2 aromatic rings. The highest BCUT2D eigenvalue weighted by molar-refractivity contribution is 5.63. The van der Waals surface area contributed by atoms with E-state index in [2.05, 4.69) is 11.9 Å². The van der Waals surface area contributed by atoms with Crippen molar-refractivity contribution in [2.45, 2.75) is 32.6 Å². The van der Waals surface area contributed by atoms with Crippen molar-refractivity contribution in [3.8, 4) is 11.1 Å². The number of aryl methyl sites for hydroxylation is 1. The monoisotopic (exact) mass is 279 g/mol. The number of unbranched alkanes of at least 4 members (excludes halogenated alkanes) is 2. The van der Waals surface area contributed by atoms with Crippen LogP contribution in [0.5, 0.6) is 0 Å². The lowest BCUT2D eigenvalue weighted by atomic mass is 10.0. The van der Waals surface area contributed by atoms with Crippen molar-refractivity contribution in [3.63, 3.8) is 0 Å². The maximum atomic E-state index is 14.0. The number of pyridine rings is 1. The third-order valence-corrected chi connectivity index (χ3v) is 3.21. The summed E-state index contributed by atoms with van der Waals surface area (Å²) >= 11 is 0. The maximum absolute atomic E-state index is 14.0. The molecular formula is C16H16F3N. The van der Waals surface area contributed by atoms with Crippen molar-refractivity contribution < 1.29 is 13.2 Å². The van der Waals surface area contributed by atoms with Gasteiger partial charge in [-0.1, -0.05) is 31.9 Å². The molecule has 0 aliphatic rings. The average molecular weight is 279 g/mol. The Morgan fingerprint density at radius 2 is 1.80 bits per heavy atom. The highest BCUT2D eigenvalue weighted by atomic mass is 19.2. The van der Waals surface area contributed by atoms with Crippen LogP contribution in [0.25, 0.3) is 11.1 Å². The Balaban J connectivity index is 2.22. The molecule has 0 aliphatic heterocycles. The van der Waals surface area contributed by atoms with E-state index >= 15 is 0 Å². The van der Waals surface area contributed by atoms with Crippen molar-refractivity contribution in [3.05, 3.63) is 53.6 Å². The van der Waals surface area contributed by atoms with E-state index in [1.165, 1.54) is 6.07 Å². The molecule has 0 bridgehead atoms. The van der Waals surface area contributed by atoms with Crippen LogP contribution in [0, 0.1) is 17.6 Å². The summed E-state index contributed by atoms with van der Waals surface area (Å²) in [5, 5.41) is 0. The molecule has 0 aliphatic carbocycles. The Kier molecular flexibility index (Phi) is 4.77. The second-order valence-electron chi connectivity index (χ2n) is 4.77. The lowest BCUT2D eigenvalue weighted by molar-refractivity contribution is 0.479. The van der Waals surface area contributed by atoms with Gasteiger partial charge in [-0.25, -0.2) is 13.8 Å². The minimum atomic E-state index is -1.18. The van der Waals surface area contributed by atoms with Gasteiger partial charge in [-0.15, -0.1) is 0 Å². The van der Waals surface area contributed by atoms with E-state index in [1.54, 1.807) is 6.07 Å². The van der Waals surface area contributed by atoms with Crippen molar-refractivity contribution in [1.29, 1.82) is 0 Å². The van der Waals surface area contributed by atoms with Crippen LogP contribution < -0.4 is 0 Å². The fourth-order valence-electron chi connectivity index (χ4n) is 2.10. The van der Waals surface area contributed by atoms with Crippen LogP contribution in [0.1, 0.15) is 31.7 Å². The molecule has 4 heteroatoms. The lowest BCUT2D eigenvalue weighted by Crippen LogP contribution is -1.94. The molecule has 0 fully saturated rings. The zero-order valence-corrected chi connectivity index (χ0v) is 11.3. The molecule has 0 radical (unpaired) electrons. The Hall–Kier alpha value is -1.84. The third-order valence-electron chi connectivity index (χ3n) is 3.21. The molecule has 0 unspecified atom stereocenters. The largest absolute Gasteiger partial charge is 0.248 e. The quantitative estimate of drug-likeness (QED) is 0.560. The predicted molar refractivity (Wildman–Crippen MR) is 72.8 cm³/mol. The van der Waals surface area contributed by atoms with Crippen molar-refractivity contribution in [1.82, 2.24) is 4.98 Å². The van der Waals surface area contributed by atoms with Gasteiger partial charge in [-0.3, -0.25) is 0 Å². The van der Waals surface area contributed by atoms with Crippen LogP contribution in [-0.4, -0.2) is 4.98 Å². The molecule has 2 rings (SSSR count). The smallest absolute Gasteiger partial charge is 0.225 e. The molecular weight excluding hydrogens is 263 g/mol. The first-order chi connectivity index (χ1) is 9.61. The van der Waals surface area contributed by atoms with Gasteiger partial charge in [-0.2, -0.15) is 4.39 Å². The number of aromatic nitrogens is 1. The zero-order valence-electron chi connectivity index (χ0n) is 11.3. The van der Waals surface area contributed by atoms with E-state index in [1.807, 2.05) is 6.07 Å². The summed E-state index contributed by atoms with van der Waals surface area (Å²) in [6.45, 7) is 2.11. The highest BCUT2D eigenvalue weighted by Crippen LogP contribution is 2.24. The normalized spacial score (nSPS) is 10.8. The number of hydrogen-bond donors (Lipinski definition) is 0. The Bertz CT molecular complexity index is 596. The summed E-state index contributed by atoms with van der Waals surface area (Å²) < 4.78 is 39.9. The summed E-state index contributed by atoms with van der Waals surface area (Å²) in [6.07, 6.45) is 5.19. The summed E-state index contributed by atoms with van der Waals surface area (Å²) in [7, 11) is 0. The van der Waals surface area contributed by atoms with Crippen LogP contribution in [0.4, 0.5) is 13.2 Å². The van der Waals surface area contributed by atoms with Crippen LogP contribution >= 0.6 is 0 Å². The van der Waals surface area contributed by atoms with Gasteiger partial charge in [0.05, 0.1) is 0 Å². The second-order valence-corrected chi connectivity index (χ2v) is 4.77. The van der Waals surface area contributed by atoms with E-state index in [4.69, 9.17) is 0 Å². The molecule has 0 N–H and O–H groups in total. The number of nitrogens with zero attached hydrogens (tertiary/aromatic N) is 1. The lowest BCUT2D eigenvalue weighted by Gasteiger charge is -2.06. The van der Waals surface area contributed by atoms with Gasteiger partial charge in [0.2, 0.25) is 5.95 Å². The zero-order chi connectivity index (χ0) is 14.5. The third kappa shape index (κ3) is 3.38. The van der Waals surface area contributed by atoms with Crippen LogP contribution in [0.3, 0.4) is 0 Å². The first kappa shape index (κ1) is 14.6. The number of rotatable bonds is 5. The summed E-state index contributed by atoms with van der Waals surface area (Å²) in [4.78, 5) is 3.27. The molecule has 0 atom stereocenters. The van der Waals surface area contributed by atoms with E-state index < -0.39 is 17.6 Å². The average Bonchev–Trinajstić information content (AvgIpc) is 2.43. The fourth-order valence-corrected chi connectivity index (χ4v) is 2.10. The fraction of sp³-hybridized carbons (Fsp3) is 0.312. The van der Waals surface area contributed by atoms with E-state index in [0.717, 1.165) is 43.5 Å². The van der Waals surface area contributed by atoms with Gasteiger partial charge in [0.1, 0.15) is 5.82 Å². The topological polar surface area (TPSA) is 12.9 Å². The van der Waals surface area contributed by atoms with Gasteiger partial charge in [-0.05, 0) is 30.5 Å². The van der Waals surface area contributed by atoms with E-state index in [-0.39, 0.29) is 11.1 Å². The number of hydrogen-bond acceptors (Lipinski definition) is 1. The highest BCUT2D eigenvalue weighted by Gasteiger charge is 2.10. The van der Waals surface area contributed by atoms with Crippen molar-refractivity contribution >= 4 is 0 Å². The Morgan fingerprint density at radius 1 is 1.00 bits per heavy atom. The van der Waals surface area contributed by atoms with Crippen molar-refractivity contribution in [2.24, 2.45) is 0 Å². The van der Waals surface area contributed by atoms with Crippen LogP contribution in [-0.2, 0) is 6.42 Å². The molecule has 0 saturated carbocycles. The molecule has 0 spiro atoms. The Morgan fingerprint density at radius 3 is 2.45 bits per heavy atom. The molecule has 0 saturated heterocycles. The summed E-state index contributed by atoms with van der Waals surface area (Å²) in [5.41, 5.74) is 1.38.